The van der Waals surface area contributed by atoms with Crippen molar-refractivity contribution in [3.8, 4) is 11.8 Å². The van der Waals surface area contributed by atoms with Crippen LogP contribution in [0.4, 0.5) is 0 Å². The van der Waals surface area contributed by atoms with Crippen molar-refractivity contribution in [2.45, 2.75) is 26.2 Å². The number of aromatic amines is 1. The Morgan fingerprint density at radius 2 is 2.26 bits per heavy atom. The molecule has 2 heterocycles. The number of aromatic nitrogens is 3. The summed E-state index contributed by atoms with van der Waals surface area (Å²) in [5, 5.41) is 15.9. The summed E-state index contributed by atoms with van der Waals surface area (Å²) < 4.78 is 5.48. The molecule has 19 heavy (non-hydrogen) atoms. The van der Waals surface area contributed by atoms with Gasteiger partial charge in [0.2, 0.25) is 11.8 Å². The Morgan fingerprint density at radius 1 is 1.42 bits per heavy atom. The van der Waals surface area contributed by atoms with E-state index in [4.69, 9.17) is 4.74 Å². The van der Waals surface area contributed by atoms with Gasteiger partial charge in [-0.25, -0.2) is 9.78 Å². The zero-order valence-corrected chi connectivity index (χ0v) is 10.4. The minimum atomic E-state index is -1.04. The minimum absolute atomic E-state index is 0.0845. The summed E-state index contributed by atoms with van der Waals surface area (Å²) in [6.45, 7) is 1.84. The van der Waals surface area contributed by atoms with Crippen LogP contribution >= 0.6 is 0 Å². The molecule has 0 atom stereocenters. The van der Waals surface area contributed by atoms with E-state index in [2.05, 4.69) is 15.2 Å². The molecule has 2 N–H and O–H groups in total. The maximum Gasteiger partial charge on any atom is 0.341 e. The number of nitrogens with one attached hydrogen (secondary N) is 1. The Balaban J connectivity index is 2.01. The first kappa shape index (κ1) is 11.7. The van der Waals surface area contributed by atoms with Crippen LogP contribution in [0, 0.1) is 6.92 Å². The van der Waals surface area contributed by atoms with Crippen LogP contribution < -0.4 is 4.74 Å². The summed E-state index contributed by atoms with van der Waals surface area (Å²) in [6, 6.07) is 3.35. The second-order valence-electron chi connectivity index (χ2n) is 4.60. The third-order valence-corrected chi connectivity index (χ3v) is 3.13. The molecule has 6 heteroatoms. The number of rotatable bonds is 3. The molecule has 1 aliphatic rings. The SMILES string of the molecule is Cc1cc(Oc2nc3c(cc2C(=O)O)CCC3)n[nH]1. The molecule has 2 aromatic rings. The number of carbonyl (C=O) groups is 1. The number of fused-ring (bicyclic) bond motifs is 1. The zero-order chi connectivity index (χ0) is 13.4. The maximum atomic E-state index is 11.3. The van der Waals surface area contributed by atoms with Crippen molar-refractivity contribution in [2.24, 2.45) is 0 Å². The number of aromatic carboxylic acids is 1. The number of H-pyrrole nitrogens is 1. The van der Waals surface area contributed by atoms with Crippen molar-refractivity contribution in [1.82, 2.24) is 15.2 Å². The lowest BCUT2D eigenvalue weighted by molar-refractivity contribution is 0.0693. The molecule has 6 nitrogen and oxygen atoms in total. The quantitative estimate of drug-likeness (QED) is 0.881. The summed E-state index contributed by atoms with van der Waals surface area (Å²) in [7, 11) is 0. The average molecular weight is 259 g/mol. The number of pyridine rings is 1. The van der Waals surface area contributed by atoms with Crippen LogP contribution in [0.5, 0.6) is 11.8 Å². The largest absolute Gasteiger partial charge is 0.477 e. The lowest BCUT2D eigenvalue weighted by atomic mass is 10.1. The Labute approximate surface area is 109 Å². The number of hydrogen-bond acceptors (Lipinski definition) is 4. The van der Waals surface area contributed by atoms with E-state index in [0.717, 1.165) is 36.2 Å². The summed E-state index contributed by atoms with van der Waals surface area (Å²) in [4.78, 5) is 15.6. The molecule has 2 aromatic heterocycles. The molecule has 98 valence electrons. The molecular weight excluding hydrogens is 246 g/mol. The molecule has 0 radical (unpaired) electrons. The third kappa shape index (κ3) is 2.16. The fourth-order valence-corrected chi connectivity index (χ4v) is 2.23. The van der Waals surface area contributed by atoms with E-state index < -0.39 is 5.97 Å². The van der Waals surface area contributed by atoms with Crippen LogP contribution in [-0.2, 0) is 12.8 Å². The topological polar surface area (TPSA) is 88.1 Å². The molecule has 0 unspecified atom stereocenters. The van der Waals surface area contributed by atoms with Gasteiger partial charge in [-0.05, 0) is 37.8 Å². The molecule has 0 amide bonds. The van der Waals surface area contributed by atoms with Crippen molar-refractivity contribution >= 4 is 5.97 Å². The van der Waals surface area contributed by atoms with Crippen LogP contribution in [0.2, 0.25) is 0 Å². The van der Waals surface area contributed by atoms with Gasteiger partial charge in [0.15, 0.2) is 0 Å². The highest BCUT2D eigenvalue weighted by molar-refractivity contribution is 5.90. The molecule has 0 aromatic carbocycles. The van der Waals surface area contributed by atoms with E-state index in [-0.39, 0.29) is 11.4 Å². The minimum Gasteiger partial charge on any atom is -0.477 e. The van der Waals surface area contributed by atoms with E-state index >= 15 is 0 Å². The molecular formula is C13H13N3O3. The first-order valence-electron chi connectivity index (χ1n) is 6.09. The smallest absolute Gasteiger partial charge is 0.341 e. The molecule has 3 rings (SSSR count). The highest BCUT2D eigenvalue weighted by atomic mass is 16.5. The van der Waals surface area contributed by atoms with Crippen molar-refractivity contribution in [2.75, 3.05) is 0 Å². The molecule has 0 fully saturated rings. The number of carboxylic acids is 1. The van der Waals surface area contributed by atoms with Crippen LogP contribution in [0.1, 0.15) is 33.7 Å². The van der Waals surface area contributed by atoms with Crippen molar-refractivity contribution < 1.29 is 14.6 Å². The monoisotopic (exact) mass is 259 g/mol. The Morgan fingerprint density at radius 3 is 2.95 bits per heavy atom. The molecule has 0 aliphatic heterocycles. The normalized spacial score (nSPS) is 13.3. The van der Waals surface area contributed by atoms with Crippen molar-refractivity contribution in [3.63, 3.8) is 0 Å². The van der Waals surface area contributed by atoms with Crippen molar-refractivity contribution in [3.05, 3.63) is 34.6 Å². The predicted octanol–water partition coefficient (Wildman–Crippen LogP) is 2.09. The van der Waals surface area contributed by atoms with Gasteiger partial charge in [-0.2, -0.15) is 0 Å². The van der Waals surface area contributed by atoms with Gasteiger partial charge in [0.1, 0.15) is 5.56 Å². The molecule has 0 saturated carbocycles. The summed E-state index contributed by atoms with van der Waals surface area (Å²) in [6.07, 6.45) is 2.75. The third-order valence-electron chi connectivity index (χ3n) is 3.13. The number of carboxylic acid groups (broad SMARTS) is 1. The van der Waals surface area contributed by atoms with Crippen LogP contribution in [0.15, 0.2) is 12.1 Å². The van der Waals surface area contributed by atoms with Gasteiger partial charge >= 0.3 is 5.97 Å². The second-order valence-corrected chi connectivity index (χ2v) is 4.60. The lowest BCUT2D eigenvalue weighted by Crippen LogP contribution is -2.05. The fourth-order valence-electron chi connectivity index (χ4n) is 2.23. The van der Waals surface area contributed by atoms with Crippen LogP contribution in [0.25, 0.3) is 0 Å². The van der Waals surface area contributed by atoms with Gasteiger partial charge in [0, 0.05) is 17.5 Å². The van der Waals surface area contributed by atoms with Gasteiger partial charge < -0.3 is 9.84 Å². The summed E-state index contributed by atoms with van der Waals surface area (Å²) in [5.41, 5.74) is 2.85. The highest BCUT2D eigenvalue weighted by Gasteiger charge is 2.21. The zero-order valence-electron chi connectivity index (χ0n) is 10.4. The molecule has 0 bridgehead atoms. The predicted molar refractivity (Wildman–Crippen MR) is 66.6 cm³/mol. The number of aryl methyl sites for hydroxylation is 3. The summed E-state index contributed by atoms with van der Waals surface area (Å²) in [5.74, 6) is -0.602. The van der Waals surface area contributed by atoms with Gasteiger partial charge in [0.05, 0.1) is 0 Å². The first-order valence-corrected chi connectivity index (χ1v) is 6.09. The van der Waals surface area contributed by atoms with Gasteiger partial charge in [0.25, 0.3) is 0 Å². The van der Waals surface area contributed by atoms with E-state index in [9.17, 15) is 9.90 Å². The van der Waals surface area contributed by atoms with Gasteiger partial charge in [-0.1, -0.05) is 0 Å². The first-order chi connectivity index (χ1) is 9.13. The average Bonchev–Trinajstić information content (AvgIpc) is 2.96. The molecule has 0 spiro atoms. The van der Waals surface area contributed by atoms with E-state index in [1.54, 1.807) is 12.1 Å². The molecule has 1 aliphatic carbocycles. The van der Waals surface area contributed by atoms with Gasteiger partial charge in [-0.3, -0.25) is 5.10 Å². The Kier molecular flexibility index (Phi) is 2.70. The standard InChI is InChI=1S/C13H13N3O3/c1-7-5-11(16-15-7)19-12-9(13(17)18)6-8-3-2-4-10(8)14-12/h5-6H,2-4H2,1H3,(H,15,16)(H,17,18). The fraction of sp³-hybridized carbons (Fsp3) is 0.308. The van der Waals surface area contributed by atoms with Crippen molar-refractivity contribution in [1.29, 1.82) is 0 Å². The highest BCUT2D eigenvalue weighted by Crippen LogP contribution is 2.29. The summed E-state index contributed by atoms with van der Waals surface area (Å²) >= 11 is 0. The van der Waals surface area contributed by atoms with Crippen LogP contribution in [0.3, 0.4) is 0 Å². The number of nitrogens with zero attached hydrogens (tertiary/aromatic N) is 2. The Bertz CT molecular complexity index is 649. The number of hydrogen-bond donors (Lipinski definition) is 2. The Hall–Kier alpha value is -2.37. The maximum absolute atomic E-state index is 11.3. The van der Waals surface area contributed by atoms with Crippen LogP contribution in [-0.4, -0.2) is 26.3 Å². The lowest BCUT2D eigenvalue weighted by Gasteiger charge is -2.08. The second kappa shape index (κ2) is 4.38. The van der Waals surface area contributed by atoms with Gasteiger partial charge in [-0.15, -0.1) is 5.10 Å². The van der Waals surface area contributed by atoms with E-state index in [1.165, 1.54) is 0 Å². The van der Waals surface area contributed by atoms with E-state index in [1.807, 2.05) is 6.92 Å². The number of ether oxygens (including phenoxy) is 1. The molecule has 0 saturated heterocycles. The van der Waals surface area contributed by atoms with E-state index in [0.29, 0.717) is 5.88 Å².